The topological polar surface area (TPSA) is 124 Å². The zero-order chi connectivity index (χ0) is 15.4. The molecule has 0 radical (unpaired) electrons. The van der Waals surface area contributed by atoms with Crippen molar-refractivity contribution in [2.24, 2.45) is 0 Å². The van der Waals surface area contributed by atoms with E-state index in [2.05, 4.69) is 15.3 Å². The molecule has 0 bridgehead atoms. The number of amides is 1. The van der Waals surface area contributed by atoms with Gasteiger partial charge in [-0.2, -0.15) is 0 Å². The minimum Gasteiger partial charge on any atom is -0.384 e. The van der Waals surface area contributed by atoms with Gasteiger partial charge in [0.25, 0.3) is 11.6 Å². The molecular formula is C12H13N5O3S. The number of nitrogens with zero attached hydrogens (tertiary/aromatic N) is 3. The first-order valence-corrected chi connectivity index (χ1v) is 7.01. The number of nitrogens with one attached hydrogen (secondary N) is 1. The minimum atomic E-state index is -0.661. The van der Waals surface area contributed by atoms with Crippen LogP contribution in [0.25, 0.3) is 0 Å². The predicted octanol–water partition coefficient (Wildman–Crippen LogP) is 1.91. The SMILES string of the molecule is CCC(NC(=O)c1cc(N)ncc1[N+](=O)[O-])c1nccs1. The van der Waals surface area contributed by atoms with Gasteiger partial charge in [-0.1, -0.05) is 6.92 Å². The summed E-state index contributed by atoms with van der Waals surface area (Å²) >= 11 is 1.41. The summed E-state index contributed by atoms with van der Waals surface area (Å²) in [4.78, 5) is 30.3. The Balaban J connectivity index is 2.27. The van der Waals surface area contributed by atoms with Crippen LogP contribution in [0.4, 0.5) is 11.5 Å². The molecule has 0 aromatic carbocycles. The fourth-order valence-corrected chi connectivity index (χ4v) is 2.55. The molecule has 2 rings (SSSR count). The summed E-state index contributed by atoms with van der Waals surface area (Å²) in [6.07, 6.45) is 3.24. The Morgan fingerprint density at radius 1 is 1.57 bits per heavy atom. The predicted molar refractivity (Wildman–Crippen MR) is 77.9 cm³/mol. The molecule has 0 fully saturated rings. The van der Waals surface area contributed by atoms with Gasteiger partial charge in [-0.05, 0) is 12.5 Å². The number of carbonyl (C=O) groups is 1. The number of hydrogen-bond acceptors (Lipinski definition) is 7. The third kappa shape index (κ3) is 3.31. The van der Waals surface area contributed by atoms with E-state index in [0.717, 1.165) is 11.2 Å². The van der Waals surface area contributed by atoms with Crippen LogP contribution in [0.5, 0.6) is 0 Å². The molecule has 0 spiro atoms. The summed E-state index contributed by atoms with van der Waals surface area (Å²) in [6.45, 7) is 1.89. The highest BCUT2D eigenvalue weighted by molar-refractivity contribution is 7.09. The van der Waals surface area contributed by atoms with Crippen molar-refractivity contribution >= 4 is 28.7 Å². The van der Waals surface area contributed by atoms with Crippen molar-refractivity contribution in [3.63, 3.8) is 0 Å². The number of nitrogens with two attached hydrogens (primary N) is 1. The number of pyridine rings is 1. The maximum Gasteiger partial charge on any atom is 0.300 e. The molecule has 2 heterocycles. The van der Waals surface area contributed by atoms with E-state index >= 15 is 0 Å². The third-order valence-corrected chi connectivity index (χ3v) is 3.70. The number of thiazole rings is 1. The van der Waals surface area contributed by atoms with Gasteiger partial charge in [0.15, 0.2) is 0 Å². The van der Waals surface area contributed by atoms with Crippen LogP contribution in [0.2, 0.25) is 0 Å². The van der Waals surface area contributed by atoms with Crippen LogP contribution in [0, 0.1) is 10.1 Å². The van der Waals surface area contributed by atoms with E-state index in [0.29, 0.717) is 6.42 Å². The molecule has 0 aliphatic heterocycles. The lowest BCUT2D eigenvalue weighted by Gasteiger charge is -2.14. The lowest BCUT2D eigenvalue weighted by atomic mass is 10.1. The highest BCUT2D eigenvalue weighted by Crippen LogP contribution is 2.23. The lowest BCUT2D eigenvalue weighted by Crippen LogP contribution is -2.28. The molecule has 1 atom stereocenters. The minimum absolute atomic E-state index is 0.0491. The molecule has 0 saturated heterocycles. The Labute approximate surface area is 124 Å². The Kier molecular flexibility index (Phi) is 4.43. The maximum atomic E-state index is 12.3. The van der Waals surface area contributed by atoms with Crippen molar-refractivity contribution < 1.29 is 9.72 Å². The van der Waals surface area contributed by atoms with E-state index in [1.165, 1.54) is 17.4 Å². The molecule has 8 nitrogen and oxygen atoms in total. The summed E-state index contributed by atoms with van der Waals surface area (Å²) in [5.74, 6) is -0.522. The van der Waals surface area contributed by atoms with E-state index in [-0.39, 0.29) is 23.1 Å². The average Bonchev–Trinajstić information content (AvgIpc) is 2.98. The van der Waals surface area contributed by atoms with Crippen LogP contribution in [0.15, 0.2) is 23.8 Å². The van der Waals surface area contributed by atoms with Crippen molar-refractivity contribution in [2.75, 3.05) is 5.73 Å². The number of carbonyl (C=O) groups excluding carboxylic acids is 1. The Morgan fingerprint density at radius 2 is 2.33 bits per heavy atom. The summed E-state index contributed by atoms with van der Waals surface area (Å²) < 4.78 is 0. The number of hydrogen-bond donors (Lipinski definition) is 2. The maximum absolute atomic E-state index is 12.3. The van der Waals surface area contributed by atoms with Gasteiger partial charge in [0.2, 0.25) is 0 Å². The van der Waals surface area contributed by atoms with Gasteiger partial charge in [-0.15, -0.1) is 11.3 Å². The van der Waals surface area contributed by atoms with Gasteiger partial charge in [-0.3, -0.25) is 14.9 Å². The van der Waals surface area contributed by atoms with Crippen LogP contribution >= 0.6 is 11.3 Å². The number of nitrogen functional groups attached to an aromatic ring is 1. The highest BCUT2D eigenvalue weighted by Gasteiger charge is 2.24. The molecule has 0 aliphatic rings. The second kappa shape index (κ2) is 6.27. The molecule has 3 N–H and O–H groups in total. The first-order chi connectivity index (χ1) is 10.0. The Bertz CT molecular complexity index is 659. The van der Waals surface area contributed by atoms with Crippen LogP contribution in [0.3, 0.4) is 0 Å². The molecule has 1 unspecified atom stereocenters. The van der Waals surface area contributed by atoms with Crippen molar-refractivity contribution in [1.82, 2.24) is 15.3 Å². The fraction of sp³-hybridized carbons (Fsp3) is 0.250. The molecule has 2 aromatic heterocycles. The smallest absolute Gasteiger partial charge is 0.300 e. The first kappa shape index (κ1) is 14.9. The van der Waals surface area contributed by atoms with Crippen LogP contribution < -0.4 is 11.1 Å². The molecule has 110 valence electrons. The van der Waals surface area contributed by atoms with Gasteiger partial charge < -0.3 is 11.1 Å². The fourth-order valence-electron chi connectivity index (χ4n) is 1.77. The summed E-state index contributed by atoms with van der Waals surface area (Å²) in [7, 11) is 0. The Hall–Kier alpha value is -2.55. The normalized spacial score (nSPS) is 11.9. The van der Waals surface area contributed by atoms with Gasteiger partial charge in [-0.25, -0.2) is 9.97 Å². The van der Waals surface area contributed by atoms with Crippen molar-refractivity contribution in [3.8, 4) is 0 Å². The monoisotopic (exact) mass is 307 g/mol. The number of aromatic nitrogens is 2. The van der Waals surface area contributed by atoms with Crippen LogP contribution in [0.1, 0.15) is 34.8 Å². The quantitative estimate of drug-likeness (QED) is 0.642. The molecule has 21 heavy (non-hydrogen) atoms. The summed E-state index contributed by atoms with van der Waals surface area (Å²) in [6, 6.07) is 0.897. The van der Waals surface area contributed by atoms with Gasteiger partial charge in [0.1, 0.15) is 22.6 Å². The second-order valence-electron chi connectivity index (χ2n) is 4.19. The summed E-state index contributed by atoms with van der Waals surface area (Å²) in [5.41, 5.74) is 5.01. The Morgan fingerprint density at radius 3 is 2.90 bits per heavy atom. The van der Waals surface area contributed by atoms with E-state index < -0.39 is 10.8 Å². The molecular weight excluding hydrogens is 294 g/mol. The summed E-state index contributed by atoms with van der Waals surface area (Å²) in [5, 5.41) is 16.2. The van der Waals surface area contributed by atoms with E-state index in [9.17, 15) is 14.9 Å². The first-order valence-electron chi connectivity index (χ1n) is 6.13. The van der Waals surface area contributed by atoms with Gasteiger partial charge in [0.05, 0.1) is 11.0 Å². The lowest BCUT2D eigenvalue weighted by molar-refractivity contribution is -0.385. The number of anilines is 1. The second-order valence-corrected chi connectivity index (χ2v) is 5.11. The van der Waals surface area contributed by atoms with Gasteiger partial charge >= 0.3 is 0 Å². The number of nitro groups is 1. The van der Waals surface area contributed by atoms with Crippen molar-refractivity contribution in [2.45, 2.75) is 19.4 Å². The third-order valence-electron chi connectivity index (χ3n) is 2.81. The standard InChI is InChI=1S/C12H13N5O3S/c1-2-8(12-14-3-4-21-12)16-11(18)7-5-10(13)15-6-9(7)17(19)20/h3-6,8H,2H2,1H3,(H2,13,15)(H,16,18). The molecule has 9 heteroatoms. The van der Waals surface area contributed by atoms with Crippen molar-refractivity contribution in [1.29, 1.82) is 0 Å². The average molecular weight is 307 g/mol. The van der Waals surface area contributed by atoms with Crippen LogP contribution in [-0.2, 0) is 0 Å². The van der Waals surface area contributed by atoms with Crippen LogP contribution in [-0.4, -0.2) is 20.8 Å². The number of rotatable bonds is 5. The van der Waals surface area contributed by atoms with E-state index in [1.807, 2.05) is 6.92 Å². The van der Waals surface area contributed by atoms with E-state index in [1.54, 1.807) is 11.6 Å². The van der Waals surface area contributed by atoms with Crippen molar-refractivity contribution in [3.05, 3.63) is 44.5 Å². The molecule has 0 aliphatic carbocycles. The van der Waals surface area contributed by atoms with Gasteiger partial charge in [0, 0.05) is 11.6 Å². The highest BCUT2D eigenvalue weighted by atomic mass is 32.1. The largest absolute Gasteiger partial charge is 0.384 e. The molecule has 2 aromatic rings. The van der Waals surface area contributed by atoms with E-state index in [4.69, 9.17) is 5.73 Å². The molecule has 0 saturated carbocycles. The zero-order valence-corrected chi connectivity index (χ0v) is 12.0. The molecule has 1 amide bonds. The zero-order valence-electron chi connectivity index (χ0n) is 11.1.